The molecule has 7 aromatic rings. The zero-order valence-electron chi connectivity index (χ0n) is 21.8. The first-order chi connectivity index (χ1) is 19.8. The minimum absolute atomic E-state index is 0.715. The van der Waals surface area contributed by atoms with Gasteiger partial charge in [0.2, 0.25) is 0 Å². The molecule has 0 amide bonds. The van der Waals surface area contributed by atoms with E-state index in [1.165, 1.54) is 16.3 Å². The lowest BCUT2D eigenvalue weighted by atomic mass is 9.93. The number of aromatic nitrogens is 3. The van der Waals surface area contributed by atoms with Crippen LogP contribution in [-0.4, -0.2) is 15.0 Å². The van der Waals surface area contributed by atoms with Gasteiger partial charge in [0.1, 0.15) is 0 Å². The molecular weight excluding hydrogens is 486 g/mol. The molecule has 0 aliphatic heterocycles. The molecule has 0 aliphatic carbocycles. The second kappa shape index (κ2) is 10.4. The number of rotatable bonds is 5. The molecule has 40 heavy (non-hydrogen) atoms. The summed E-state index contributed by atoms with van der Waals surface area (Å²) in [6.45, 7) is 0. The Morgan fingerprint density at radius 3 is 1.82 bits per heavy atom. The molecule has 0 spiro atoms. The van der Waals surface area contributed by atoms with Crippen LogP contribution in [0, 0.1) is 0 Å². The maximum absolute atomic E-state index is 5.03. The van der Waals surface area contributed by atoms with Gasteiger partial charge in [0.15, 0.2) is 5.82 Å². The van der Waals surface area contributed by atoms with E-state index in [1.807, 2.05) is 54.9 Å². The van der Waals surface area contributed by atoms with Gasteiger partial charge in [-0.3, -0.25) is 4.98 Å². The number of fused-ring (bicyclic) bond motifs is 1. The summed E-state index contributed by atoms with van der Waals surface area (Å²) in [5.41, 5.74) is 9.46. The minimum atomic E-state index is 0.715. The zero-order chi connectivity index (χ0) is 26.7. The van der Waals surface area contributed by atoms with Crippen LogP contribution in [0.1, 0.15) is 0 Å². The summed E-state index contributed by atoms with van der Waals surface area (Å²) in [4.78, 5) is 14.3. The average Bonchev–Trinajstić information content (AvgIpc) is 3.05. The third-order valence-electron chi connectivity index (χ3n) is 7.15. The van der Waals surface area contributed by atoms with E-state index in [0.717, 1.165) is 44.8 Å². The molecule has 0 radical (unpaired) electrons. The Kier molecular flexibility index (Phi) is 6.15. The van der Waals surface area contributed by atoms with E-state index in [1.54, 1.807) is 0 Å². The first-order valence-corrected chi connectivity index (χ1v) is 13.4. The lowest BCUT2D eigenvalue weighted by Gasteiger charge is -2.13. The molecule has 3 heteroatoms. The topological polar surface area (TPSA) is 38.7 Å². The highest BCUT2D eigenvalue weighted by atomic mass is 14.9. The Morgan fingerprint density at radius 2 is 1.05 bits per heavy atom. The molecule has 0 fully saturated rings. The van der Waals surface area contributed by atoms with Crippen molar-refractivity contribution in [2.24, 2.45) is 0 Å². The van der Waals surface area contributed by atoms with Gasteiger partial charge in [-0.1, -0.05) is 109 Å². The Balaban J connectivity index is 1.38. The maximum Gasteiger partial charge on any atom is 0.160 e. The molecule has 5 aromatic carbocycles. The molecule has 0 unspecified atom stereocenters. The lowest BCUT2D eigenvalue weighted by molar-refractivity contribution is 1.18. The molecule has 0 bridgehead atoms. The van der Waals surface area contributed by atoms with Gasteiger partial charge in [0.25, 0.3) is 0 Å². The van der Waals surface area contributed by atoms with Crippen LogP contribution < -0.4 is 0 Å². The van der Waals surface area contributed by atoms with E-state index < -0.39 is 0 Å². The summed E-state index contributed by atoms with van der Waals surface area (Å²) in [6, 6.07) is 48.3. The molecule has 0 saturated carbocycles. The van der Waals surface area contributed by atoms with Crippen molar-refractivity contribution < 1.29 is 0 Å². The summed E-state index contributed by atoms with van der Waals surface area (Å²) in [5.74, 6) is 0.715. The van der Waals surface area contributed by atoms with E-state index >= 15 is 0 Å². The number of pyridine rings is 1. The van der Waals surface area contributed by atoms with Crippen LogP contribution >= 0.6 is 0 Å². The van der Waals surface area contributed by atoms with Gasteiger partial charge in [-0.2, -0.15) is 0 Å². The van der Waals surface area contributed by atoms with Gasteiger partial charge in [-0.15, -0.1) is 0 Å². The maximum atomic E-state index is 5.03. The third-order valence-corrected chi connectivity index (χ3v) is 7.15. The molecule has 3 nitrogen and oxygen atoms in total. The Labute approximate surface area is 233 Å². The SMILES string of the molecule is c1ccc(-c2cc(-c3cccc(-c4cc(-c5cccnc5)c5ccccc5c4)c3)nc(-c3ccccc3)n2)cc1. The predicted octanol–water partition coefficient (Wildman–Crippen LogP) is 9.36. The van der Waals surface area contributed by atoms with Gasteiger partial charge in [-0.25, -0.2) is 9.97 Å². The van der Waals surface area contributed by atoms with E-state index in [4.69, 9.17) is 9.97 Å². The second-order valence-electron chi connectivity index (χ2n) is 9.76. The first-order valence-electron chi connectivity index (χ1n) is 13.4. The van der Waals surface area contributed by atoms with Crippen molar-refractivity contribution in [1.82, 2.24) is 15.0 Å². The van der Waals surface area contributed by atoms with Crippen molar-refractivity contribution in [2.75, 3.05) is 0 Å². The quantitative estimate of drug-likeness (QED) is 0.231. The van der Waals surface area contributed by atoms with E-state index in [0.29, 0.717) is 5.82 Å². The smallest absolute Gasteiger partial charge is 0.160 e. The number of nitrogens with zero attached hydrogens (tertiary/aromatic N) is 3. The number of hydrogen-bond donors (Lipinski definition) is 0. The highest BCUT2D eigenvalue weighted by Gasteiger charge is 2.13. The summed E-state index contributed by atoms with van der Waals surface area (Å²) in [7, 11) is 0. The monoisotopic (exact) mass is 511 g/mol. The highest BCUT2D eigenvalue weighted by Crippen LogP contribution is 2.35. The Hall–Kier alpha value is -5.41. The van der Waals surface area contributed by atoms with Gasteiger partial charge >= 0.3 is 0 Å². The molecule has 188 valence electrons. The molecule has 0 N–H and O–H groups in total. The summed E-state index contributed by atoms with van der Waals surface area (Å²) < 4.78 is 0. The Morgan fingerprint density at radius 1 is 0.400 bits per heavy atom. The zero-order valence-corrected chi connectivity index (χ0v) is 21.8. The largest absolute Gasteiger partial charge is 0.264 e. The molecule has 2 heterocycles. The predicted molar refractivity (Wildman–Crippen MR) is 165 cm³/mol. The summed E-state index contributed by atoms with van der Waals surface area (Å²) >= 11 is 0. The van der Waals surface area contributed by atoms with Crippen LogP contribution in [0.3, 0.4) is 0 Å². The molecule has 0 saturated heterocycles. The summed E-state index contributed by atoms with van der Waals surface area (Å²) in [5, 5.41) is 2.41. The lowest BCUT2D eigenvalue weighted by Crippen LogP contribution is -1.96. The van der Waals surface area contributed by atoms with Crippen LogP contribution in [-0.2, 0) is 0 Å². The van der Waals surface area contributed by atoms with Crippen molar-refractivity contribution >= 4 is 10.8 Å². The highest BCUT2D eigenvalue weighted by molar-refractivity contribution is 6.00. The van der Waals surface area contributed by atoms with Gasteiger partial charge in [0, 0.05) is 34.6 Å². The molecular formula is C37H25N3. The fourth-order valence-electron chi connectivity index (χ4n) is 5.16. The number of hydrogen-bond acceptors (Lipinski definition) is 3. The Bertz CT molecular complexity index is 1870. The fraction of sp³-hybridized carbons (Fsp3) is 0. The summed E-state index contributed by atoms with van der Waals surface area (Å²) in [6.07, 6.45) is 3.74. The standard InChI is InChI=1S/C37H25N3/c1-3-11-26(12-4-1)35-24-36(40-37(39-35)27-13-5-2-6-14-27)30-17-9-16-28(21-30)32-22-29-15-7-8-19-33(29)34(23-32)31-18-10-20-38-25-31/h1-25H. The minimum Gasteiger partial charge on any atom is -0.264 e. The van der Waals surface area contributed by atoms with Crippen molar-refractivity contribution in [1.29, 1.82) is 0 Å². The van der Waals surface area contributed by atoms with Gasteiger partial charge in [0.05, 0.1) is 11.4 Å². The van der Waals surface area contributed by atoms with E-state index in [2.05, 4.69) is 102 Å². The molecule has 0 atom stereocenters. The van der Waals surface area contributed by atoms with Crippen LogP contribution in [0.15, 0.2) is 152 Å². The van der Waals surface area contributed by atoms with Crippen LogP contribution in [0.2, 0.25) is 0 Å². The fourth-order valence-corrected chi connectivity index (χ4v) is 5.16. The van der Waals surface area contributed by atoms with Crippen molar-refractivity contribution in [2.45, 2.75) is 0 Å². The van der Waals surface area contributed by atoms with E-state index in [-0.39, 0.29) is 0 Å². The first kappa shape index (κ1) is 23.7. The molecule has 0 aliphatic rings. The van der Waals surface area contributed by atoms with Crippen molar-refractivity contribution in [3.8, 4) is 56.2 Å². The molecule has 7 rings (SSSR count). The second-order valence-corrected chi connectivity index (χ2v) is 9.76. The average molecular weight is 512 g/mol. The van der Waals surface area contributed by atoms with Crippen molar-refractivity contribution in [3.63, 3.8) is 0 Å². The third kappa shape index (κ3) is 4.65. The van der Waals surface area contributed by atoms with Crippen LogP contribution in [0.5, 0.6) is 0 Å². The van der Waals surface area contributed by atoms with Crippen LogP contribution in [0.4, 0.5) is 0 Å². The normalized spacial score (nSPS) is 11.0. The number of benzene rings is 5. The van der Waals surface area contributed by atoms with Gasteiger partial charge in [-0.05, 0) is 57.8 Å². The van der Waals surface area contributed by atoms with E-state index in [9.17, 15) is 0 Å². The van der Waals surface area contributed by atoms with Gasteiger partial charge < -0.3 is 0 Å². The van der Waals surface area contributed by atoms with Crippen LogP contribution in [0.25, 0.3) is 66.9 Å². The van der Waals surface area contributed by atoms with Crippen molar-refractivity contribution in [3.05, 3.63) is 152 Å². The molecule has 2 aromatic heterocycles.